The Labute approximate surface area is 154 Å². The number of nitrogens with one attached hydrogen (secondary N) is 2. The molecule has 136 valence electrons. The van der Waals surface area contributed by atoms with Gasteiger partial charge >= 0.3 is 0 Å². The smallest absolute Gasteiger partial charge is 0.191 e. The third-order valence-corrected chi connectivity index (χ3v) is 5.44. The predicted octanol–water partition coefficient (Wildman–Crippen LogP) is 2.87. The van der Waals surface area contributed by atoms with Crippen molar-refractivity contribution in [3.63, 3.8) is 0 Å². The molecule has 3 N–H and O–H groups in total. The average Bonchev–Trinajstić information content (AvgIpc) is 2.84. The molecule has 1 aliphatic heterocycles. The number of aliphatic hydroxyl groups excluding tert-OH is 1. The number of hydrogen-bond donors (Lipinski definition) is 3. The molecule has 0 aliphatic carbocycles. The van der Waals surface area contributed by atoms with Gasteiger partial charge in [-0.25, -0.2) is 0 Å². The first kappa shape index (κ1) is 19.5. The van der Waals surface area contributed by atoms with E-state index in [0.717, 1.165) is 30.5 Å². The van der Waals surface area contributed by atoms with Gasteiger partial charge in [0, 0.05) is 24.5 Å². The molecule has 1 atom stereocenters. The van der Waals surface area contributed by atoms with Gasteiger partial charge < -0.3 is 20.6 Å². The van der Waals surface area contributed by atoms with E-state index >= 15 is 0 Å². The number of aliphatic imine (C=N–C) groups is 1. The second kappa shape index (κ2) is 10.9. The Kier molecular flexibility index (Phi) is 8.88. The van der Waals surface area contributed by atoms with E-state index in [4.69, 9.17) is 11.6 Å². The number of aliphatic hydroxyl groups is 1. The van der Waals surface area contributed by atoms with E-state index in [1.807, 2.05) is 13.0 Å². The van der Waals surface area contributed by atoms with Crippen molar-refractivity contribution in [1.29, 1.82) is 0 Å². The standard InChI is InChI=1S/C17H29ClN4OS/c1-2-19-17(20-9-12-22-10-5-3-4-6-11-22)21-13-14(23)15-7-8-16(18)24-15/h7-8,14,23H,2-6,9-13H2,1H3,(H2,19,20,21). The first-order valence-corrected chi connectivity index (χ1v) is 10.1. The Morgan fingerprint density at radius 3 is 2.67 bits per heavy atom. The van der Waals surface area contributed by atoms with Gasteiger partial charge in [-0.2, -0.15) is 0 Å². The van der Waals surface area contributed by atoms with Crippen molar-refractivity contribution in [2.75, 3.05) is 39.3 Å². The van der Waals surface area contributed by atoms with Gasteiger partial charge in [0.05, 0.1) is 10.9 Å². The summed E-state index contributed by atoms with van der Waals surface area (Å²) in [6.45, 7) is 7.48. The molecular weight excluding hydrogens is 344 g/mol. The van der Waals surface area contributed by atoms with Gasteiger partial charge in [0.15, 0.2) is 5.96 Å². The van der Waals surface area contributed by atoms with Gasteiger partial charge in [0.25, 0.3) is 0 Å². The maximum absolute atomic E-state index is 10.2. The molecule has 0 bridgehead atoms. The quantitative estimate of drug-likeness (QED) is 0.508. The van der Waals surface area contributed by atoms with Crippen LogP contribution in [-0.4, -0.2) is 55.2 Å². The normalized spacial score (nSPS) is 18.2. The van der Waals surface area contributed by atoms with E-state index in [1.165, 1.54) is 50.1 Å². The third kappa shape index (κ3) is 6.97. The SMILES string of the molecule is CCNC(=NCC(O)c1ccc(Cl)s1)NCCN1CCCCCC1. The Morgan fingerprint density at radius 1 is 1.29 bits per heavy atom. The minimum Gasteiger partial charge on any atom is -0.386 e. The largest absolute Gasteiger partial charge is 0.386 e. The second-order valence-electron chi connectivity index (χ2n) is 6.06. The van der Waals surface area contributed by atoms with Crippen LogP contribution in [0.3, 0.4) is 0 Å². The summed E-state index contributed by atoms with van der Waals surface area (Å²) >= 11 is 7.31. The molecule has 1 unspecified atom stereocenters. The molecule has 0 amide bonds. The van der Waals surface area contributed by atoms with Crippen LogP contribution in [0.5, 0.6) is 0 Å². The van der Waals surface area contributed by atoms with E-state index in [0.29, 0.717) is 10.9 Å². The van der Waals surface area contributed by atoms with Gasteiger partial charge in [-0.15, -0.1) is 11.3 Å². The minimum atomic E-state index is -0.608. The van der Waals surface area contributed by atoms with E-state index in [9.17, 15) is 5.11 Å². The molecule has 5 nitrogen and oxygen atoms in total. The van der Waals surface area contributed by atoms with Crippen LogP contribution in [0, 0.1) is 0 Å². The van der Waals surface area contributed by atoms with Crippen LogP contribution in [0.2, 0.25) is 4.34 Å². The van der Waals surface area contributed by atoms with Crippen LogP contribution in [0.25, 0.3) is 0 Å². The topological polar surface area (TPSA) is 59.9 Å². The van der Waals surface area contributed by atoms with Crippen molar-refractivity contribution in [2.24, 2.45) is 4.99 Å². The van der Waals surface area contributed by atoms with Gasteiger partial charge in [-0.05, 0) is 45.0 Å². The zero-order valence-electron chi connectivity index (χ0n) is 14.4. The highest BCUT2D eigenvalue weighted by atomic mass is 35.5. The average molecular weight is 373 g/mol. The molecule has 7 heteroatoms. The molecule has 2 rings (SSSR count). The molecule has 1 aromatic rings. The minimum absolute atomic E-state index is 0.329. The molecule has 1 fully saturated rings. The van der Waals surface area contributed by atoms with E-state index in [-0.39, 0.29) is 0 Å². The summed E-state index contributed by atoms with van der Waals surface area (Å²) in [7, 11) is 0. The Hall–Kier alpha value is -0.820. The summed E-state index contributed by atoms with van der Waals surface area (Å²) in [6, 6.07) is 3.66. The first-order chi connectivity index (χ1) is 11.7. The Balaban J connectivity index is 1.77. The van der Waals surface area contributed by atoms with Gasteiger partial charge in [-0.1, -0.05) is 24.4 Å². The van der Waals surface area contributed by atoms with Gasteiger partial charge in [0.1, 0.15) is 6.10 Å². The van der Waals surface area contributed by atoms with Crippen LogP contribution < -0.4 is 10.6 Å². The first-order valence-electron chi connectivity index (χ1n) is 8.87. The van der Waals surface area contributed by atoms with Crippen LogP contribution in [0.4, 0.5) is 0 Å². The molecule has 2 heterocycles. The predicted molar refractivity (Wildman–Crippen MR) is 103 cm³/mol. The van der Waals surface area contributed by atoms with Gasteiger partial charge in [-0.3, -0.25) is 4.99 Å². The fraction of sp³-hybridized carbons (Fsp3) is 0.706. The summed E-state index contributed by atoms with van der Waals surface area (Å²) in [5, 5.41) is 16.8. The second-order valence-corrected chi connectivity index (χ2v) is 7.81. The lowest BCUT2D eigenvalue weighted by molar-refractivity contribution is 0.191. The molecule has 24 heavy (non-hydrogen) atoms. The zero-order valence-corrected chi connectivity index (χ0v) is 16.0. The number of halogens is 1. The van der Waals surface area contributed by atoms with Crippen molar-refractivity contribution in [3.05, 3.63) is 21.3 Å². The van der Waals surface area contributed by atoms with Crippen molar-refractivity contribution in [1.82, 2.24) is 15.5 Å². The van der Waals surface area contributed by atoms with Crippen LogP contribution >= 0.6 is 22.9 Å². The zero-order chi connectivity index (χ0) is 17.2. The number of nitrogens with zero attached hydrogens (tertiary/aromatic N) is 2. The Morgan fingerprint density at radius 2 is 2.04 bits per heavy atom. The molecule has 0 radical (unpaired) electrons. The molecule has 0 aromatic carbocycles. The number of thiophene rings is 1. The van der Waals surface area contributed by atoms with Gasteiger partial charge in [0.2, 0.25) is 0 Å². The number of guanidine groups is 1. The lowest BCUT2D eigenvalue weighted by atomic mass is 10.2. The molecule has 1 aromatic heterocycles. The summed E-state index contributed by atoms with van der Waals surface area (Å²) < 4.78 is 0.690. The van der Waals surface area contributed by atoms with Crippen molar-refractivity contribution in [3.8, 4) is 0 Å². The molecule has 1 saturated heterocycles. The monoisotopic (exact) mass is 372 g/mol. The number of likely N-dealkylation sites (tertiary alicyclic amines) is 1. The Bertz CT molecular complexity index is 501. The fourth-order valence-corrected chi connectivity index (χ4v) is 3.85. The van der Waals surface area contributed by atoms with Crippen LogP contribution in [0.15, 0.2) is 17.1 Å². The molecular formula is C17H29ClN4OS. The van der Waals surface area contributed by atoms with Crippen molar-refractivity contribution >= 4 is 28.9 Å². The highest BCUT2D eigenvalue weighted by Gasteiger charge is 2.11. The maximum atomic E-state index is 10.2. The lowest BCUT2D eigenvalue weighted by Crippen LogP contribution is -2.42. The number of rotatable bonds is 7. The van der Waals surface area contributed by atoms with Crippen molar-refractivity contribution in [2.45, 2.75) is 38.7 Å². The summed E-state index contributed by atoms with van der Waals surface area (Å²) in [4.78, 5) is 7.86. The molecule has 0 spiro atoms. The van der Waals surface area contributed by atoms with Crippen molar-refractivity contribution < 1.29 is 5.11 Å². The van der Waals surface area contributed by atoms with Crippen LogP contribution in [0.1, 0.15) is 43.6 Å². The number of hydrogen-bond acceptors (Lipinski definition) is 4. The summed E-state index contributed by atoms with van der Waals surface area (Å²) in [6.07, 6.45) is 4.73. The molecule has 1 aliphatic rings. The van der Waals surface area contributed by atoms with Crippen LogP contribution in [-0.2, 0) is 0 Å². The summed E-state index contributed by atoms with van der Waals surface area (Å²) in [5.41, 5.74) is 0. The summed E-state index contributed by atoms with van der Waals surface area (Å²) in [5.74, 6) is 0.758. The third-order valence-electron chi connectivity index (χ3n) is 4.11. The lowest BCUT2D eigenvalue weighted by Gasteiger charge is -2.20. The van der Waals surface area contributed by atoms with E-state index in [2.05, 4.69) is 20.5 Å². The van der Waals surface area contributed by atoms with E-state index < -0.39 is 6.10 Å². The highest BCUT2D eigenvalue weighted by molar-refractivity contribution is 7.16. The molecule has 0 saturated carbocycles. The maximum Gasteiger partial charge on any atom is 0.191 e. The highest BCUT2D eigenvalue weighted by Crippen LogP contribution is 2.26. The fourth-order valence-electron chi connectivity index (χ4n) is 2.81. The van der Waals surface area contributed by atoms with E-state index in [1.54, 1.807) is 6.07 Å².